The zero-order valence-corrected chi connectivity index (χ0v) is 15.4. The Labute approximate surface area is 161 Å². The number of fused-ring (bicyclic) bond motifs is 2. The van der Waals surface area contributed by atoms with Crippen molar-refractivity contribution >= 4 is 33.9 Å². The van der Waals surface area contributed by atoms with Gasteiger partial charge in [-0.1, -0.05) is 47.5 Å². The highest BCUT2D eigenvalue weighted by Gasteiger charge is 2.12. The Kier molecular flexibility index (Phi) is 5.18. The molecule has 0 radical (unpaired) electrons. The lowest BCUT2D eigenvalue weighted by Crippen LogP contribution is -2.12. The third-order valence-corrected chi connectivity index (χ3v) is 4.71. The van der Waals surface area contributed by atoms with Crippen molar-refractivity contribution in [3.8, 4) is 0 Å². The van der Waals surface area contributed by atoms with Crippen molar-refractivity contribution in [1.82, 2.24) is 30.0 Å². The molecule has 0 aliphatic rings. The largest absolute Gasteiger partial charge is 0.273 e. The highest BCUT2D eigenvalue weighted by Crippen LogP contribution is 2.14. The first-order valence-electron chi connectivity index (χ1n) is 9.41. The number of nitrogens with zero attached hydrogens (tertiary/aromatic N) is 6. The zero-order valence-electron chi connectivity index (χ0n) is 15.4. The lowest BCUT2D eigenvalue weighted by atomic mass is 10.1. The Hall–Kier alpha value is -3.42. The molecule has 0 fully saturated rings. The van der Waals surface area contributed by atoms with Crippen LogP contribution in [0.5, 0.6) is 0 Å². The molecule has 0 spiro atoms. The summed E-state index contributed by atoms with van der Waals surface area (Å²) >= 11 is 0. The van der Waals surface area contributed by atoms with E-state index in [9.17, 15) is 9.59 Å². The summed E-state index contributed by atoms with van der Waals surface area (Å²) in [5.41, 5.74) is 2.90. The molecule has 0 bridgehead atoms. The van der Waals surface area contributed by atoms with Crippen molar-refractivity contribution in [2.75, 3.05) is 0 Å². The van der Waals surface area contributed by atoms with E-state index in [-0.39, 0.29) is 11.8 Å². The summed E-state index contributed by atoms with van der Waals surface area (Å²) in [6.07, 6.45) is 4.10. The number of carbonyl (C=O) groups excluding carboxylic acids is 2. The van der Waals surface area contributed by atoms with Crippen LogP contribution in [0.15, 0.2) is 48.5 Å². The molecular formula is C20H20N6O2. The van der Waals surface area contributed by atoms with Gasteiger partial charge >= 0.3 is 0 Å². The van der Waals surface area contributed by atoms with Crippen molar-refractivity contribution < 1.29 is 9.59 Å². The van der Waals surface area contributed by atoms with Crippen molar-refractivity contribution in [3.05, 3.63) is 48.5 Å². The maximum absolute atomic E-state index is 12.3. The second-order valence-electron chi connectivity index (χ2n) is 6.68. The van der Waals surface area contributed by atoms with E-state index < -0.39 is 0 Å². The lowest BCUT2D eigenvalue weighted by Gasteiger charge is -2.03. The van der Waals surface area contributed by atoms with Crippen molar-refractivity contribution in [2.45, 2.75) is 38.5 Å². The number of carbonyl (C=O) groups is 2. The van der Waals surface area contributed by atoms with Gasteiger partial charge in [0.05, 0.1) is 11.0 Å². The Morgan fingerprint density at radius 1 is 0.643 bits per heavy atom. The number of benzene rings is 2. The number of unbranched alkanes of at least 4 members (excludes halogenated alkanes) is 3. The van der Waals surface area contributed by atoms with E-state index in [1.165, 1.54) is 9.36 Å². The summed E-state index contributed by atoms with van der Waals surface area (Å²) in [7, 11) is 0. The third kappa shape index (κ3) is 3.66. The molecule has 0 aliphatic carbocycles. The zero-order chi connectivity index (χ0) is 19.3. The lowest BCUT2D eigenvalue weighted by molar-refractivity contribution is 0.0873. The predicted molar refractivity (Wildman–Crippen MR) is 104 cm³/mol. The minimum absolute atomic E-state index is 0.0566. The first-order valence-corrected chi connectivity index (χ1v) is 9.41. The minimum atomic E-state index is -0.0566. The van der Waals surface area contributed by atoms with Crippen LogP contribution in [-0.2, 0) is 0 Å². The van der Waals surface area contributed by atoms with Crippen LogP contribution in [0.4, 0.5) is 0 Å². The number of rotatable bonds is 7. The first kappa shape index (κ1) is 18.0. The fourth-order valence-corrected chi connectivity index (χ4v) is 3.22. The molecule has 0 saturated heterocycles. The molecule has 2 aromatic carbocycles. The molecule has 2 heterocycles. The molecule has 8 nitrogen and oxygen atoms in total. The van der Waals surface area contributed by atoms with E-state index in [0.717, 1.165) is 47.8 Å². The summed E-state index contributed by atoms with van der Waals surface area (Å²) < 4.78 is 2.74. The second-order valence-corrected chi connectivity index (χ2v) is 6.68. The molecule has 0 unspecified atom stereocenters. The maximum Gasteiger partial charge on any atom is 0.248 e. The van der Waals surface area contributed by atoms with Crippen LogP contribution < -0.4 is 0 Å². The Morgan fingerprint density at radius 2 is 1.07 bits per heavy atom. The van der Waals surface area contributed by atoms with Gasteiger partial charge in [-0.2, -0.15) is 9.36 Å². The topological polar surface area (TPSA) is 95.6 Å². The van der Waals surface area contributed by atoms with Gasteiger partial charge in [-0.25, -0.2) is 0 Å². The monoisotopic (exact) mass is 376 g/mol. The molecule has 2 aromatic heterocycles. The summed E-state index contributed by atoms with van der Waals surface area (Å²) in [6.45, 7) is 0. The van der Waals surface area contributed by atoms with Gasteiger partial charge < -0.3 is 0 Å². The van der Waals surface area contributed by atoms with Gasteiger partial charge in [-0.3, -0.25) is 9.59 Å². The SMILES string of the molecule is O=C(CCCCCCC(=O)n1nnc2ccccc21)n1nnc2ccccc21. The summed E-state index contributed by atoms with van der Waals surface area (Å²) in [5.74, 6) is -0.113. The average molecular weight is 376 g/mol. The van der Waals surface area contributed by atoms with Gasteiger partial charge in [0.1, 0.15) is 11.0 Å². The molecule has 0 N–H and O–H groups in total. The van der Waals surface area contributed by atoms with E-state index in [2.05, 4.69) is 20.6 Å². The average Bonchev–Trinajstić information content (AvgIpc) is 3.34. The van der Waals surface area contributed by atoms with Crippen molar-refractivity contribution in [1.29, 1.82) is 0 Å². The molecular weight excluding hydrogens is 356 g/mol. The van der Waals surface area contributed by atoms with Gasteiger partial charge in [0.25, 0.3) is 0 Å². The van der Waals surface area contributed by atoms with Crippen LogP contribution in [0.1, 0.15) is 48.1 Å². The molecule has 4 rings (SSSR count). The molecule has 0 saturated carbocycles. The van der Waals surface area contributed by atoms with E-state index in [1.54, 1.807) is 0 Å². The van der Waals surface area contributed by atoms with E-state index >= 15 is 0 Å². The fraction of sp³-hybridized carbons (Fsp3) is 0.300. The summed E-state index contributed by atoms with van der Waals surface area (Å²) in [4.78, 5) is 24.7. The number of para-hydroxylation sites is 2. The quantitative estimate of drug-likeness (QED) is 0.458. The van der Waals surface area contributed by atoms with Gasteiger partial charge in [0.2, 0.25) is 11.8 Å². The van der Waals surface area contributed by atoms with Crippen molar-refractivity contribution in [2.24, 2.45) is 0 Å². The minimum Gasteiger partial charge on any atom is -0.273 e. The van der Waals surface area contributed by atoms with E-state index in [1.807, 2.05) is 48.5 Å². The summed E-state index contributed by atoms with van der Waals surface area (Å²) in [5, 5.41) is 15.9. The molecule has 8 heteroatoms. The van der Waals surface area contributed by atoms with Gasteiger partial charge in [0, 0.05) is 12.8 Å². The molecule has 0 amide bonds. The highest BCUT2D eigenvalue weighted by atomic mass is 16.2. The third-order valence-electron chi connectivity index (χ3n) is 4.71. The molecule has 142 valence electrons. The number of aromatic nitrogens is 6. The Bertz CT molecular complexity index is 1040. The first-order chi connectivity index (χ1) is 13.7. The van der Waals surface area contributed by atoms with E-state index in [4.69, 9.17) is 0 Å². The molecule has 28 heavy (non-hydrogen) atoms. The number of hydrogen-bond acceptors (Lipinski definition) is 6. The van der Waals surface area contributed by atoms with E-state index in [0.29, 0.717) is 12.8 Å². The van der Waals surface area contributed by atoms with Crippen LogP contribution in [0.25, 0.3) is 22.1 Å². The standard InChI is InChI=1S/C20H20N6O2/c27-19(25-17-11-7-5-9-15(17)21-23-25)13-3-1-2-4-14-20(28)26-18-12-8-6-10-16(18)22-24-26/h5-12H,1-4,13-14H2. The predicted octanol–water partition coefficient (Wildman–Crippen LogP) is 3.50. The van der Waals surface area contributed by atoms with Crippen molar-refractivity contribution in [3.63, 3.8) is 0 Å². The van der Waals surface area contributed by atoms with Gasteiger partial charge in [-0.15, -0.1) is 10.2 Å². The second kappa shape index (κ2) is 8.08. The Balaban J connectivity index is 1.21. The van der Waals surface area contributed by atoms with Crippen LogP contribution in [0.2, 0.25) is 0 Å². The molecule has 4 aromatic rings. The smallest absolute Gasteiger partial charge is 0.248 e. The highest BCUT2D eigenvalue weighted by molar-refractivity contribution is 5.89. The number of hydrogen-bond donors (Lipinski definition) is 0. The fourth-order valence-electron chi connectivity index (χ4n) is 3.22. The van der Waals surface area contributed by atoms with Crippen LogP contribution in [-0.4, -0.2) is 41.8 Å². The summed E-state index contributed by atoms with van der Waals surface area (Å²) in [6, 6.07) is 14.8. The van der Waals surface area contributed by atoms with Gasteiger partial charge in [0.15, 0.2) is 0 Å². The Morgan fingerprint density at radius 3 is 1.54 bits per heavy atom. The van der Waals surface area contributed by atoms with Crippen LogP contribution in [0.3, 0.4) is 0 Å². The van der Waals surface area contributed by atoms with Gasteiger partial charge in [-0.05, 0) is 37.1 Å². The van der Waals surface area contributed by atoms with Crippen LogP contribution in [0, 0.1) is 0 Å². The normalized spacial score (nSPS) is 11.3. The van der Waals surface area contributed by atoms with Crippen LogP contribution >= 0.6 is 0 Å². The molecule has 0 atom stereocenters. The maximum atomic E-state index is 12.3. The molecule has 0 aliphatic heterocycles.